The van der Waals surface area contributed by atoms with E-state index in [0.717, 1.165) is 24.7 Å². The van der Waals surface area contributed by atoms with Gasteiger partial charge in [0.05, 0.1) is 13.2 Å². The van der Waals surface area contributed by atoms with E-state index in [1.54, 1.807) is 7.11 Å². The topological polar surface area (TPSA) is 52.6 Å². The molecule has 1 aliphatic rings. The number of methoxy groups -OCH3 is 2. The number of hydrogen-bond donors (Lipinski definition) is 0. The zero-order chi connectivity index (χ0) is 12.2. The van der Waals surface area contributed by atoms with Crippen LogP contribution in [-0.4, -0.2) is 32.6 Å². The quantitative estimate of drug-likeness (QED) is 0.414. The summed E-state index contributed by atoms with van der Waals surface area (Å²) in [6.45, 7) is 1.96. The summed E-state index contributed by atoms with van der Waals surface area (Å²) in [6.07, 6.45) is 4.34. The predicted molar refractivity (Wildman–Crippen MR) is 58.9 cm³/mol. The summed E-state index contributed by atoms with van der Waals surface area (Å²) in [5.41, 5.74) is 0.573. The number of carbonyl (C=O) groups excluding carboxylic acids is 2. The van der Waals surface area contributed by atoms with Crippen LogP contribution in [0.25, 0.3) is 0 Å². The minimum Gasteiger partial charge on any atom is -0.466 e. The van der Waals surface area contributed by atoms with E-state index in [4.69, 9.17) is 4.74 Å². The molecule has 2 atom stereocenters. The second kappa shape index (κ2) is 5.25. The van der Waals surface area contributed by atoms with Gasteiger partial charge in [0.25, 0.3) is 0 Å². The van der Waals surface area contributed by atoms with E-state index >= 15 is 0 Å². The summed E-state index contributed by atoms with van der Waals surface area (Å²) >= 11 is 0. The average Bonchev–Trinajstić information content (AvgIpc) is 2.56. The normalized spacial score (nSPS) is 31.7. The van der Waals surface area contributed by atoms with Crippen molar-refractivity contribution in [2.45, 2.75) is 32.3 Å². The average molecular weight is 226 g/mol. The summed E-state index contributed by atoms with van der Waals surface area (Å²) in [5.74, 6) is -0.371. The molecule has 4 nitrogen and oxygen atoms in total. The van der Waals surface area contributed by atoms with Crippen molar-refractivity contribution in [1.29, 1.82) is 0 Å². The lowest BCUT2D eigenvalue weighted by Crippen LogP contribution is -2.30. The molecular formula is C12H18O4. The molecule has 0 unspecified atom stereocenters. The van der Waals surface area contributed by atoms with Gasteiger partial charge in [-0.05, 0) is 12.8 Å². The molecule has 0 aromatic heterocycles. The van der Waals surface area contributed by atoms with Crippen molar-refractivity contribution in [3.05, 3.63) is 11.6 Å². The molecule has 0 spiro atoms. The highest BCUT2D eigenvalue weighted by Crippen LogP contribution is 2.46. The fourth-order valence-electron chi connectivity index (χ4n) is 2.35. The van der Waals surface area contributed by atoms with Crippen molar-refractivity contribution in [3.8, 4) is 0 Å². The maximum Gasteiger partial charge on any atom is 0.330 e. The highest BCUT2D eigenvalue weighted by molar-refractivity contribution is 5.83. The Morgan fingerprint density at radius 2 is 2.25 bits per heavy atom. The van der Waals surface area contributed by atoms with Gasteiger partial charge in [-0.2, -0.15) is 0 Å². The zero-order valence-electron chi connectivity index (χ0n) is 9.99. The summed E-state index contributed by atoms with van der Waals surface area (Å²) in [5, 5.41) is 0. The van der Waals surface area contributed by atoms with Gasteiger partial charge >= 0.3 is 5.97 Å². The van der Waals surface area contributed by atoms with Gasteiger partial charge in [-0.15, -0.1) is 0 Å². The van der Waals surface area contributed by atoms with Gasteiger partial charge < -0.3 is 14.3 Å². The Balaban J connectivity index is 2.97. The van der Waals surface area contributed by atoms with Crippen LogP contribution in [0.3, 0.4) is 0 Å². The summed E-state index contributed by atoms with van der Waals surface area (Å²) in [7, 11) is 2.98. The zero-order valence-corrected chi connectivity index (χ0v) is 9.99. The van der Waals surface area contributed by atoms with Crippen LogP contribution in [0.5, 0.6) is 0 Å². The molecule has 0 aliphatic heterocycles. The van der Waals surface area contributed by atoms with E-state index in [-0.39, 0.29) is 17.5 Å². The lowest BCUT2D eigenvalue weighted by molar-refractivity contribution is -0.135. The van der Waals surface area contributed by atoms with Crippen molar-refractivity contribution in [2.75, 3.05) is 14.2 Å². The van der Waals surface area contributed by atoms with Gasteiger partial charge in [0, 0.05) is 25.0 Å². The molecule has 16 heavy (non-hydrogen) atoms. The lowest BCUT2D eigenvalue weighted by Gasteiger charge is -2.30. The summed E-state index contributed by atoms with van der Waals surface area (Å²) in [6, 6.07) is 0. The fourth-order valence-corrected chi connectivity index (χ4v) is 2.35. The molecule has 1 saturated carbocycles. The van der Waals surface area contributed by atoms with Gasteiger partial charge in [0.2, 0.25) is 0 Å². The second-order valence-electron chi connectivity index (χ2n) is 4.24. The Morgan fingerprint density at radius 1 is 1.56 bits per heavy atom. The highest BCUT2D eigenvalue weighted by Gasteiger charge is 2.43. The van der Waals surface area contributed by atoms with Gasteiger partial charge in [-0.1, -0.05) is 12.5 Å². The van der Waals surface area contributed by atoms with E-state index in [9.17, 15) is 9.59 Å². The molecule has 4 heteroatoms. The number of hydrogen-bond acceptors (Lipinski definition) is 4. The van der Waals surface area contributed by atoms with Crippen LogP contribution in [0.15, 0.2) is 11.6 Å². The minimum absolute atomic E-state index is 0.00592. The molecule has 0 aromatic carbocycles. The Morgan fingerprint density at radius 3 is 2.75 bits per heavy atom. The molecule has 0 bridgehead atoms. The van der Waals surface area contributed by atoms with Crippen molar-refractivity contribution in [1.82, 2.24) is 0 Å². The van der Waals surface area contributed by atoms with E-state index < -0.39 is 0 Å². The molecule has 1 aliphatic carbocycles. The number of rotatable bonds is 4. The predicted octanol–water partition coefficient (Wildman–Crippen LogP) is 1.49. The van der Waals surface area contributed by atoms with Crippen LogP contribution in [0.4, 0.5) is 0 Å². The van der Waals surface area contributed by atoms with E-state index in [1.807, 2.05) is 6.92 Å². The van der Waals surface area contributed by atoms with Crippen molar-refractivity contribution < 1.29 is 19.1 Å². The maximum atomic E-state index is 11.2. The molecular weight excluding hydrogens is 208 g/mol. The van der Waals surface area contributed by atoms with Crippen LogP contribution in [0.1, 0.15) is 26.2 Å². The van der Waals surface area contributed by atoms with Crippen LogP contribution < -0.4 is 0 Å². The lowest BCUT2D eigenvalue weighted by atomic mass is 9.79. The Bertz CT molecular complexity index is 308. The van der Waals surface area contributed by atoms with E-state index in [1.165, 1.54) is 13.2 Å². The minimum atomic E-state index is -0.371. The van der Waals surface area contributed by atoms with Crippen LogP contribution >= 0.6 is 0 Å². The molecule has 90 valence electrons. The van der Waals surface area contributed by atoms with E-state index in [2.05, 4.69) is 4.74 Å². The van der Waals surface area contributed by atoms with Gasteiger partial charge in [0.1, 0.15) is 6.29 Å². The van der Waals surface area contributed by atoms with E-state index in [0.29, 0.717) is 6.42 Å². The first kappa shape index (κ1) is 12.9. The summed E-state index contributed by atoms with van der Waals surface area (Å²) in [4.78, 5) is 22.0. The molecule has 0 heterocycles. The SMILES string of the molecule is COC(=O)/C=C1/CC[C@H](OC)[C@@]1(C)CC=O. The Labute approximate surface area is 95.6 Å². The standard InChI is InChI=1S/C12H18O4/c1-12(6-7-13)9(8-11(14)16-3)4-5-10(12)15-2/h7-8,10H,4-6H2,1-3H3/b9-8-/t10-,12-/m0/s1. The molecule has 1 fully saturated rings. The summed E-state index contributed by atoms with van der Waals surface area (Å²) < 4.78 is 9.98. The highest BCUT2D eigenvalue weighted by atomic mass is 16.5. The van der Waals surface area contributed by atoms with Gasteiger partial charge in [-0.3, -0.25) is 0 Å². The smallest absolute Gasteiger partial charge is 0.330 e. The monoisotopic (exact) mass is 226 g/mol. The number of esters is 1. The molecule has 0 radical (unpaired) electrons. The number of carbonyl (C=O) groups is 2. The van der Waals surface area contributed by atoms with Crippen LogP contribution in [0.2, 0.25) is 0 Å². The Hall–Kier alpha value is -1.16. The molecule has 0 amide bonds. The number of ether oxygens (including phenoxy) is 2. The third kappa shape index (κ3) is 2.32. The van der Waals surface area contributed by atoms with Crippen molar-refractivity contribution in [2.24, 2.45) is 5.41 Å². The molecule has 0 saturated heterocycles. The molecule has 0 N–H and O–H groups in total. The largest absolute Gasteiger partial charge is 0.466 e. The first-order valence-electron chi connectivity index (χ1n) is 5.34. The van der Waals surface area contributed by atoms with Gasteiger partial charge in [0.15, 0.2) is 0 Å². The van der Waals surface area contributed by atoms with Crippen LogP contribution in [-0.2, 0) is 19.1 Å². The third-order valence-electron chi connectivity index (χ3n) is 3.41. The number of aldehydes is 1. The van der Waals surface area contributed by atoms with Crippen molar-refractivity contribution >= 4 is 12.3 Å². The maximum absolute atomic E-state index is 11.2. The first-order chi connectivity index (χ1) is 7.58. The third-order valence-corrected chi connectivity index (χ3v) is 3.41. The van der Waals surface area contributed by atoms with Gasteiger partial charge in [-0.25, -0.2) is 4.79 Å². The Kier molecular flexibility index (Phi) is 4.24. The fraction of sp³-hybridized carbons (Fsp3) is 0.667. The molecule has 1 rings (SSSR count). The molecule has 0 aromatic rings. The van der Waals surface area contributed by atoms with Crippen molar-refractivity contribution in [3.63, 3.8) is 0 Å². The van der Waals surface area contributed by atoms with Crippen LogP contribution in [0, 0.1) is 5.41 Å². The first-order valence-corrected chi connectivity index (χ1v) is 5.34. The second-order valence-corrected chi connectivity index (χ2v) is 4.24.